The summed E-state index contributed by atoms with van der Waals surface area (Å²) in [4.78, 5) is 38.0. The third-order valence-electron chi connectivity index (χ3n) is 10.5. The zero-order valence-corrected chi connectivity index (χ0v) is 37.6. The lowest BCUT2D eigenvalue weighted by atomic mass is 9.86. The molecule has 1 unspecified atom stereocenters. The molecule has 0 fully saturated rings. The topological polar surface area (TPSA) is 78.9 Å². The fraction of sp³-hybridized carbons (Fsp3) is 0.745. The van der Waals surface area contributed by atoms with Crippen LogP contribution >= 0.6 is 0 Å². The maximum absolute atomic E-state index is 12.8. The number of hydrogen-bond acceptors (Lipinski definition) is 6. The molecule has 0 aliphatic heterocycles. The Labute approximate surface area is 350 Å². The van der Waals surface area contributed by atoms with Crippen molar-refractivity contribution in [1.82, 2.24) is 0 Å². The number of Topliss-reactive ketones (excluding diaryl/α,β-unsaturated/α-hetero) is 1. The molecule has 326 valence electrons. The third kappa shape index (κ3) is 31.9. The van der Waals surface area contributed by atoms with E-state index in [0.29, 0.717) is 25.0 Å². The molecule has 0 amide bonds. The molecule has 0 saturated heterocycles. The van der Waals surface area contributed by atoms with E-state index in [9.17, 15) is 14.4 Å². The van der Waals surface area contributed by atoms with Crippen molar-refractivity contribution in [2.45, 2.75) is 227 Å². The van der Waals surface area contributed by atoms with Gasteiger partial charge in [-0.2, -0.15) is 0 Å². The van der Waals surface area contributed by atoms with Crippen molar-refractivity contribution >= 4 is 17.7 Å². The molecule has 0 radical (unpaired) electrons. The first kappa shape index (κ1) is 52.3. The van der Waals surface area contributed by atoms with Gasteiger partial charge < -0.3 is 14.2 Å². The average Bonchev–Trinajstić information content (AvgIpc) is 3.19. The van der Waals surface area contributed by atoms with Gasteiger partial charge in [-0.25, -0.2) is 0 Å². The minimum atomic E-state index is -0.666. The lowest BCUT2D eigenvalue weighted by Crippen LogP contribution is -2.29. The summed E-state index contributed by atoms with van der Waals surface area (Å²) in [7, 11) is 0. The number of hydrogen-bond donors (Lipinski definition) is 0. The smallest absolute Gasteiger partial charge is 0.306 e. The number of unbranched alkanes of at least 4 members (excludes halogenated alkanes) is 22. The standard InChI is InChI=1S/C51H86O6/c1-6-8-10-12-14-16-18-20-22-24-26-28-30-32-34-36-48(52)56-44-47(43-55-42-45-38-40-46(41-39-45)50(54)51(3,4)5)57-49(53)37-35-33-31-29-27-25-23-21-19-17-15-13-11-9-7-2/h20-23,38-41,47H,6-19,24-37,42-44H2,1-5H3/b22-20+,23-21+. The van der Waals surface area contributed by atoms with Gasteiger partial charge in [0.2, 0.25) is 0 Å². The molecule has 0 bridgehead atoms. The second-order valence-electron chi connectivity index (χ2n) is 17.3. The molecular formula is C51H86O6. The predicted octanol–water partition coefficient (Wildman–Crippen LogP) is 15.0. The molecular weight excluding hydrogens is 709 g/mol. The number of carbonyl (C=O) groups excluding carboxylic acids is 3. The first-order chi connectivity index (χ1) is 27.7. The van der Waals surface area contributed by atoms with Gasteiger partial charge in [0, 0.05) is 23.8 Å². The second-order valence-corrected chi connectivity index (χ2v) is 17.3. The molecule has 57 heavy (non-hydrogen) atoms. The molecule has 6 heteroatoms. The number of ketones is 1. The van der Waals surface area contributed by atoms with Gasteiger partial charge in [-0.05, 0) is 69.8 Å². The van der Waals surface area contributed by atoms with Gasteiger partial charge in [-0.15, -0.1) is 0 Å². The molecule has 1 aromatic carbocycles. The molecule has 0 aliphatic rings. The van der Waals surface area contributed by atoms with Gasteiger partial charge in [0.15, 0.2) is 11.9 Å². The Morgan fingerprint density at radius 1 is 0.526 bits per heavy atom. The van der Waals surface area contributed by atoms with Gasteiger partial charge in [-0.1, -0.05) is 186 Å². The van der Waals surface area contributed by atoms with E-state index >= 15 is 0 Å². The molecule has 0 heterocycles. The minimum absolute atomic E-state index is 0.0129. The van der Waals surface area contributed by atoms with Crippen molar-refractivity contribution < 1.29 is 28.6 Å². The van der Waals surface area contributed by atoms with Crippen LogP contribution in [-0.2, 0) is 30.4 Å². The predicted molar refractivity (Wildman–Crippen MR) is 240 cm³/mol. The van der Waals surface area contributed by atoms with E-state index < -0.39 is 11.5 Å². The van der Waals surface area contributed by atoms with Gasteiger partial charge in [-0.3, -0.25) is 14.4 Å². The summed E-state index contributed by atoms with van der Waals surface area (Å²) in [5.74, 6) is -0.443. The summed E-state index contributed by atoms with van der Waals surface area (Å²) in [5.41, 5.74) is 1.15. The number of esters is 2. The van der Waals surface area contributed by atoms with Crippen LogP contribution in [0.15, 0.2) is 48.6 Å². The van der Waals surface area contributed by atoms with E-state index in [0.717, 1.165) is 56.9 Å². The molecule has 0 spiro atoms. The van der Waals surface area contributed by atoms with Crippen LogP contribution in [0.1, 0.15) is 230 Å². The summed E-state index contributed by atoms with van der Waals surface area (Å²) in [6, 6.07) is 7.44. The number of benzene rings is 1. The Kier molecular flexibility index (Phi) is 33.4. The van der Waals surface area contributed by atoms with E-state index in [1.54, 1.807) is 0 Å². The summed E-state index contributed by atoms with van der Waals surface area (Å²) in [5, 5.41) is 0. The van der Waals surface area contributed by atoms with Crippen LogP contribution in [0.4, 0.5) is 0 Å². The Hall–Kier alpha value is -2.73. The van der Waals surface area contributed by atoms with E-state index in [1.807, 2.05) is 45.0 Å². The minimum Gasteiger partial charge on any atom is -0.462 e. The lowest BCUT2D eigenvalue weighted by Gasteiger charge is -2.19. The summed E-state index contributed by atoms with van der Waals surface area (Å²) in [6.45, 7) is 10.7. The highest BCUT2D eigenvalue weighted by Gasteiger charge is 2.23. The van der Waals surface area contributed by atoms with Crippen molar-refractivity contribution in [2.75, 3.05) is 13.2 Å². The Bertz CT molecular complexity index is 1180. The Morgan fingerprint density at radius 2 is 0.930 bits per heavy atom. The van der Waals surface area contributed by atoms with E-state index in [4.69, 9.17) is 14.2 Å². The zero-order valence-electron chi connectivity index (χ0n) is 37.6. The fourth-order valence-electron chi connectivity index (χ4n) is 6.79. The first-order valence-corrected chi connectivity index (χ1v) is 23.5. The quantitative estimate of drug-likeness (QED) is 0.0287. The van der Waals surface area contributed by atoms with Crippen LogP contribution in [0, 0.1) is 5.41 Å². The zero-order chi connectivity index (χ0) is 41.7. The average molecular weight is 795 g/mol. The van der Waals surface area contributed by atoms with Crippen LogP contribution in [0.2, 0.25) is 0 Å². The fourth-order valence-corrected chi connectivity index (χ4v) is 6.79. The highest BCUT2D eigenvalue weighted by atomic mass is 16.6. The number of carbonyl (C=O) groups is 3. The van der Waals surface area contributed by atoms with E-state index in [2.05, 4.69) is 38.2 Å². The van der Waals surface area contributed by atoms with Crippen LogP contribution in [0.25, 0.3) is 0 Å². The summed E-state index contributed by atoms with van der Waals surface area (Å²) < 4.78 is 17.3. The maximum Gasteiger partial charge on any atom is 0.306 e. The van der Waals surface area contributed by atoms with Gasteiger partial charge in [0.05, 0.1) is 13.2 Å². The monoisotopic (exact) mass is 795 g/mol. The molecule has 1 aromatic rings. The van der Waals surface area contributed by atoms with Crippen molar-refractivity contribution in [3.63, 3.8) is 0 Å². The number of allylic oxidation sites excluding steroid dienone is 4. The first-order valence-electron chi connectivity index (χ1n) is 23.5. The molecule has 0 saturated carbocycles. The highest BCUT2D eigenvalue weighted by Crippen LogP contribution is 2.21. The molecule has 6 nitrogen and oxygen atoms in total. The third-order valence-corrected chi connectivity index (χ3v) is 10.5. The maximum atomic E-state index is 12.8. The molecule has 1 atom stereocenters. The SMILES string of the molecule is CCCCCCCC/C=C/CCCCCCCC(=O)OCC(COCc1ccc(C(=O)C(C)(C)C)cc1)OC(=O)CCCCCCC/C=C/CCCCCCCC. The number of rotatable bonds is 38. The second kappa shape index (κ2) is 36.4. The van der Waals surface area contributed by atoms with Gasteiger partial charge >= 0.3 is 11.9 Å². The number of ether oxygens (including phenoxy) is 3. The largest absolute Gasteiger partial charge is 0.462 e. The van der Waals surface area contributed by atoms with Crippen LogP contribution in [0.3, 0.4) is 0 Å². The lowest BCUT2D eigenvalue weighted by molar-refractivity contribution is -0.163. The molecule has 0 N–H and O–H groups in total. The molecule has 0 aromatic heterocycles. The van der Waals surface area contributed by atoms with Gasteiger partial charge in [0.1, 0.15) is 6.61 Å². The van der Waals surface area contributed by atoms with Crippen LogP contribution < -0.4 is 0 Å². The van der Waals surface area contributed by atoms with E-state index in [1.165, 1.54) is 116 Å². The van der Waals surface area contributed by atoms with Crippen molar-refractivity contribution in [2.24, 2.45) is 5.41 Å². The molecule has 0 aliphatic carbocycles. The van der Waals surface area contributed by atoms with Crippen molar-refractivity contribution in [3.8, 4) is 0 Å². The molecule has 1 rings (SSSR count). The van der Waals surface area contributed by atoms with Crippen LogP contribution in [0.5, 0.6) is 0 Å². The van der Waals surface area contributed by atoms with Crippen molar-refractivity contribution in [3.05, 3.63) is 59.7 Å². The summed E-state index contributed by atoms with van der Waals surface area (Å²) >= 11 is 0. The van der Waals surface area contributed by atoms with Crippen LogP contribution in [-0.4, -0.2) is 37.0 Å². The summed E-state index contributed by atoms with van der Waals surface area (Å²) in [6.07, 6.45) is 40.8. The van der Waals surface area contributed by atoms with Crippen molar-refractivity contribution in [1.29, 1.82) is 0 Å². The normalized spacial score (nSPS) is 12.4. The Morgan fingerprint density at radius 3 is 1.37 bits per heavy atom. The van der Waals surface area contributed by atoms with E-state index in [-0.39, 0.29) is 30.9 Å². The van der Waals surface area contributed by atoms with Gasteiger partial charge in [0.25, 0.3) is 0 Å². The Balaban J connectivity index is 2.37. The highest BCUT2D eigenvalue weighted by molar-refractivity contribution is 5.99.